The van der Waals surface area contributed by atoms with Gasteiger partial charge in [0.1, 0.15) is 0 Å². The lowest BCUT2D eigenvalue weighted by molar-refractivity contribution is -0.382. The van der Waals surface area contributed by atoms with Crippen molar-refractivity contribution >= 4 is 22.6 Å². The molecule has 0 aliphatic heterocycles. The van der Waals surface area contributed by atoms with Crippen molar-refractivity contribution < 1.29 is 48.3 Å². The molecule has 0 N–H and O–H groups in total. The van der Waals surface area contributed by atoms with Crippen LogP contribution >= 0.6 is 22.6 Å². The van der Waals surface area contributed by atoms with Crippen LogP contribution < -0.4 is 0 Å². The van der Waals surface area contributed by atoms with Crippen LogP contribution in [0.5, 0.6) is 0 Å². The van der Waals surface area contributed by atoms with Gasteiger partial charge in [-0.05, 0) is 23.7 Å². The summed E-state index contributed by atoms with van der Waals surface area (Å²) in [5.41, 5.74) is -5.70. The van der Waals surface area contributed by atoms with E-state index < -0.39 is 49.1 Å². The zero-order valence-electron chi connectivity index (χ0n) is 11.2. The van der Waals surface area contributed by atoms with Crippen LogP contribution in [0.15, 0.2) is 0 Å². The lowest BCUT2D eigenvalue weighted by Crippen LogP contribution is -2.57. The standard InChI is InChI=1S/C11H12F11I/c12-7(13)8(10(17,18)19,11(20,21)22)5-6(9(14,15)16)3-1-2-4-23/h6-7H,1-5H2. The highest BCUT2D eigenvalue weighted by Crippen LogP contribution is 2.59. The fraction of sp³-hybridized carbons (Fsp3) is 1.00. The third kappa shape index (κ3) is 5.48. The van der Waals surface area contributed by atoms with Crippen molar-refractivity contribution in [1.82, 2.24) is 0 Å². The molecule has 1 atom stereocenters. The summed E-state index contributed by atoms with van der Waals surface area (Å²) in [5.74, 6) is -3.12. The molecule has 12 heteroatoms. The van der Waals surface area contributed by atoms with Crippen LogP contribution in [-0.4, -0.2) is 29.4 Å². The number of unbranched alkanes of at least 4 members (excludes halogenated alkanes) is 1. The molecule has 0 radical (unpaired) electrons. The smallest absolute Gasteiger partial charge is 0.209 e. The van der Waals surface area contributed by atoms with Crippen molar-refractivity contribution in [2.75, 3.05) is 4.43 Å². The molecular formula is C11H12F11I. The number of hydrogen-bond acceptors (Lipinski definition) is 0. The molecule has 0 fully saturated rings. The Morgan fingerprint density at radius 3 is 1.43 bits per heavy atom. The SMILES string of the molecule is FC(F)C(CC(CCCCI)C(F)(F)F)(C(F)(F)F)C(F)(F)F. The van der Waals surface area contributed by atoms with E-state index in [1.807, 2.05) is 0 Å². The van der Waals surface area contributed by atoms with E-state index in [4.69, 9.17) is 0 Å². The van der Waals surface area contributed by atoms with E-state index in [0.29, 0.717) is 4.43 Å². The fourth-order valence-corrected chi connectivity index (χ4v) is 2.52. The van der Waals surface area contributed by atoms with Crippen LogP contribution in [0.3, 0.4) is 0 Å². The lowest BCUT2D eigenvalue weighted by Gasteiger charge is -2.39. The molecule has 23 heavy (non-hydrogen) atoms. The Bertz CT molecular complexity index is 340. The minimum Gasteiger partial charge on any atom is -0.209 e. The molecule has 0 aromatic heterocycles. The third-order valence-electron chi connectivity index (χ3n) is 3.35. The van der Waals surface area contributed by atoms with Crippen LogP contribution in [0.1, 0.15) is 25.7 Å². The quantitative estimate of drug-likeness (QED) is 0.168. The molecule has 0 aromatic carbocycles. The van der Waals surface area contributed by atoms with E-state index >= 15 is 0 Å². The van der Waals surface area contributed by atoms with E-state index in [1.54, 1.807) is 22.6 Å². The summed E-state index contributed by atoms with van der Waals surface area (Å²) in [4.78, 5) is 0. The van der Waals surface area contributed by atoms with Crippen molar-refractivity contribution in [3.63, 3.8) is 0 Å². The Morgan fingerprint density at radius 2 is 1.17 bits per heavy atom. The first-order valence-electron chi connectivity index (χ1n) is 6.15. The minimum atomic E-state index is -6.56. The summed E-state index contributed by atoms with van der Waals surface area (Å²) in [5, 5.41) is 0. The highest BCUT2D eigenvalue weighted by Gasteiger charge is 2.76. The van der Waals surface area contributed by atoms with Gasteiger partial charge in [0.15, 0.2) is 0 Å². The van der Waals surface area contributed by atoms with Gasteiger partial charge in [0.05, 0.1) is 5.92 Å². The predicted molar refractivity (Wildman–Crippen MR) is 67.4 cm³/mol. The molecule has 0 aromatic rings. The topological polar surface area (TPSA) is 0 Å². The second-order valence-electron chi connectivity index (χ2n) is 4.89. The summed E-state index contributed by atoms with van der Waals surface area (Å²) >= 11 is 1.76. The van der Waals surface area contributed by atoms with Gasteiger partial charge in [-0.3, -0.25) is 0 Å². The highest BCUT2D eigenvalue weighted by molar-refractivity contribution is 14.1. The maximum absolute atomic E-state index is 12.7. The summed E-state index contributed by atoms with van der Waals surface area (Å²) in [6.07, 6.45) is -27.7. The second-order valence-corrected chi connectivity index (χ2v) is 5.97. The van der Waals surface area contributed by atoms with E-state index in [2.05, 4.69) is 0 Å². The summed E-state index contributed by atoms with van der Waals surface area (Å²) in [6, 6.07) is 0. The summed E-state index contributed by atoms with van der Waals surface area (Å²) < 4.78 is 140. The van der Waals surface area contributed by atoms with Crippen LogP contribution in [0.2, 0.25) is 0 Å². The molecule has 0 heterocycles. The molecule has 0 aliphatic rings. The molecule has 0 aliphatic carbocycles. The molecule has 0 saturated carbocycles. The zero-order valence-corrected chi connectivity index (χ0v) is 13.4. The van der Waals surface area contributed by atoms with Crippen molar-refractivity contribution in [1.29, 1.82) is 0 Å². The predicted octanol–water partition coefficient (Wildman–Crippen LogP) is 6.54. The number of alkyl halides is 12. The molecule has 0 rings (SSSR count). The first kappa shape index (κ1) is 23.0. The monoisotopic (exact) mass is 480 g/mol. The van der Waals surface area contributed by atoms with Crippen molar-refractivity contribution in [2.45, 2.75) is 50.6 Å². The third-order valence-corrected chi connectivity index (χ3v) is 4.11. The molecule has 1 unspecified atom stereocenters. The average Bonchev–Trinajstić information content (AvgIpc) is 2.27. The second kappa shape index (κ2) is 7.89. The van der Waals surface area contributed by atoms with Gasteiger partial charge in [0.2, 0.25) is 5.41 Å². The molecule has 0 amide bonds. The highest BCUT2D eigenvalue weighted by atomic mass is 127. The molecule has 0 bridgehead atoms. The molecule has 0 spiro atoms. The van der Waals surface area contributed by atoms with Crippen LogP contribution in [0, 0.1) is 11.3 Å². The maximum atomic E-state index is 12.7. The van der Waals surface area contributed by atoms with Crippen LogP contribution in [-0.2, 0) is 0 Å². The Labute approximate surface area is 137 Å². The van der Waals surface area contributed by atoms with E-state index in [0.717, 1.165) is 0 Å². The van der Waals surface area contributed by atoms with Gasteiger partial charge in [-0.1, -0.05) is 29.0 Å². The van der Waals surface area contributed by atoms with Gasteiger partial charge < -0.3 is 0 Å². The number of halogens is 12. The van der Waals surface area contributed by atoms with Gasteiger partial charge >= 0.3 is 18.5 Å². The number of rotatable bonds is 7. The fourth-order valence-electron chi connectivity index (χ4n) is 1.98. The normalized spacial score (nSPS) is 16.0. The van der Waals surface area contributed by atoms with Gasteiger partial charge in [0, 0.05) is 0 Å². The number of hydrogen-bond donors (Lipinski definition) is 0. The lowest BCUT2D eigenvalue weighted by atomic mass is 9.76. The Morgan fingerprint density at radius 1 is 0.739 bits per heavy atom. The van der Waals surface area contributed by atoms with E-state index in [9.17, 15) is 48.3 Å². The van der Waals surface area contributed by atoms with Gasteiger partial charge in [0.25, 0.3) is 6.43 Å². The van der Waals surface area contributed by atoms with Crippen LogP contribution in [0.4, 0.5) is 48.3 Å². The Kier molecular flexibility index (Phi) is 7.88. The van der Waals surface area contributed by atoms with E-state index in [1.165, 1.54) is 0 Å². The van der Waals surface area contributed by atoms with Crippen LogP contribution in [0.25, 0.3) is 0 Å². The largest absolute Gasteiger partial charge is 0.408 e. The van der Waals surface area contributed by atoms with Gasteiger partial charge in [-0.2, -0.15) is 39.5 Å². The van der Waals surface area contributed by atoms with Gasteiger partial charge in [-0.15, -0.1) is 0 Å². The molecular weight excluding hydrogens is 468 g/mol. The van der Waals surface area contributed by atoms with E-state index in [-0.39, 0.29) is 12.8 Å². The Balaban J connectivity index is 5.80. The first-order valence-corrected chi connectivity index (χ1v) is 7.68. The first-order chi connectivity index (χ1) is 10.1. The summed E-state index contributed by atoms with van der Waals surface area (Å²) in [7, 11) is 0. The van der Waals surface area contributed by atoms with Crippen molar-refractivity contribution in [2.24, 2.45) is 11.3 Å². The van der Waals surface area contributed by atoms with Crippen molar-refractivity contribution in [3.05, 3.63) is 0 Å². The van der Waals surface area contributed by atoms with Crippen molar-refractivity contribution in [3.8, 4) is 0 Å². The maximum Gasteiger partial charge on any atom is 0.408 e. The Hall–Kier alpha value is -0.0400. The zero-order chi connectivity index (χ0) is 18.7. The van der Waals surface area contributed by atoms with Gasteiger partial charge in [-0.25, -0.2) is 8.78 Å². The average molecular weight is 480 g/mol. The minimum absolute atomic E-state index is 0.118. The molecule has 0 saturated heterocycles. The molecule has 140 valence electrons. The molecule has 0 nitrogen and oxygen atoms in total. The summed E-state index contributed by atoms with van der Waals surface area (Å²) in [6.45, 7) is 0.